The van der Waals surface area contributed by atoms with Crippen LogP contribution in [0.4, 0.5) is 10.8 Å². The number of fused-ring (bicyclic) bond motifs is 3. The summed E-state index contributed by atoms with van der Waals surface area (Å²) >= 11 is 1.48. The molecular formula is C23H24N4O5S. The first-order valence-electron chi connectivity index (χ1n) is 10.7. The van der Waals surface area contributed by atoms with Crippen LogP contribution in [-0.4, -0.2) is 62.4 Å². The highest BCUT2D eigenvalue weighted by Crippen LogP contribution is 2.39. The number of hydrogen-bond donors (Lipinski definition) is 1. The number of aromatic nitrogens is 2. The van der Waals surface area contributed by atoms with Crippen LogP contribution in [0.25, 0.3) is 10.2 Å². The minimum absolute atomic E-state index is 0.221. The van der Waals surface area contributed by atoms with Crippen molar-refractivity contribution in [3.05, 3.63) is 41.7 Å². The third-order valence-electron chi connectivity index (χ3n) is 6.03. The molecule has 0 spiro atoms. The Kier molecular flexibility index (Phi) is 5.86. The lowest BCUT2D eigenvalue weighted by Crippen LogP contribution is -2.46. The zero-order chi connectivity index (χ0) is 22.9. The molecule has 2 aliphatic rings. The van der Waals surface area contributed by atoms with Crippen molar-refractivity contribution in [1.82, 2.24) is 9.97 Å². The van der Waals surface area contributed by atoms with Crippen LogP contribution in [0, 0.1) is 11.8 Å². The molecule has 3 aromatic rings. The molecule has 10 heteroatoms. The van der Waals surface area contributed by atoms with Gasteiger partial charge in [-0.05, 0) is 24.6 Å². The molecule has 2 aromatic heterocycles. The number of thiazole rings is 1. The molecule has 0 radical (unpaired) electrons. The van der Waals surface area contributed by atoms with Crippen LogP contribution in [0.5, 0.6) is 5.75 Å². The number of rotatable bonds is 5. The van der Waals surface area contributed by atoms with E-state index in [1.54, 1.807) is 6.07 Å². The molecule has 1 amide bonds. The number of amides is 1. The number of pyridine rings is 1. The van der Waals surface area contributed by atoms with Gasteiger partial charge in [-0.3, -0.25) is 9.78 Å². The molecule has 9 nitrogen and oxygen atoms in total. The molecule has 1 aromatic carbocycles. The number of methoxy groups -OCH3 is 2. The van der Waals surface area contributed by atoms with Gasteiger partial charge in [0.05, 0.1) is 55.1 Å². The van der Waals surface area contributed by atoms with Crippen LogP contribution in [0.2, 0.25) is 0 Å². The molecule has 0 unspecified atom stereocenters. The molecule has 33 heavy (non-hydrogen) atoms. The van der Waals surface area contributed by atoms with Crippen LogP contribution < -0.4 is 15.0 Å². The molecule has 2 aliphatic heterocycles. The predicted octanol–water partition coefficient (Wildman–Crippen LogP) is 3.21. The summed E-state index contributed by atoms with van der Waals surface area (Å²) in [7, 11) is 2.81. The topological polar surface area (TPSA) is 103 Å². The number of ether oxygens (including phenoxy) is 3. The molecule has 2 fully saturated rings. The van der Waals surface area contributed by atoms with Crippen molar-refractivity contribution in [2.75, 3.05) is 50.7 Å². The first kappa shape index (κ1) is 21.6. The van der Waals surface area contributed by atoms with E-state index < -0.39 is 11.9 Å². The molecule has 1 N–H and O–H groups in total. The second kappa shape index (κ2) is 8.95. The van der Waals surface area contributed by atoms with E-state index in [9.17, 15) is 9.59 Å². The maximum Gasteiger partial charge on any atom is 0.340 e. The van der Waals surface area contributed by atoms with Gasteiger partial charge in [-0.2, -0.15) is 0 Å². The van der Waals surface area contributed by atoms with Gasteiger partial charge >= 0.3 is 5.97 Å². The normalized spacial score (nSPS) is 19.9. The van der Waals surface area contributed by atoms with Crippen LogP contribution in [0.1, 0.15) is 27.1 Å². The quantitative estimate of drug-likeness (QED) is 0.570. The largest absolute Gasteiger partial charge is 0.496 e. The molecule has 2 saturated heterocycles. The van der Waals surface area contributed by atoms with Gasteiger partial charge in [0.2, 0.25) is 0 Å². The lowest BCUT2D eigenvalue weighted by Gasteiger charge is -2.41. The van der Waals surface area contributed by atoms with Crippen molar-refractivity contribution in [2.24, 2.45) is 11.8 Å². The third kappa shape index (κ3) is 4.11. The molecule has 0 saturated carbocycles. The fourth-order valence-electron chi connectivity index (χ4n) is 4.57. The van der Waals surface area contributed by atoms with Crippen LogP contribution in [0.15, 0.2) is 30.6 Å². The minimum Gasteiger partial charge on any atom is -0.496 e. The number of piperidine rings is 1. The molecule has 0 aliphatic carbocycles. The summed E-state index contributed by atoms with van der Waals surface area (Å²) in [5, 5.41) is 3.69. The third-order valence-corrected chi connectivity index (χ3v) is 7.18. The van der Waals surface area contributed by atoms with Gasteiger partial charge in [-0.15, -0.1) is 0 Å². The Morgan fingerprint density at radius 2 is 1.97 bits per heavy atom. The number of hydrogen-bond acceptors (Lipinski definition) is 9. The van der Waals surface area contributed by atoms with Crippen molar-refractivity contribution < 1.29 is 23.8 Å². The first-order chi connectivity index (χ1) is 16.1. The maximum atomic E-state index is 13.4. The lowest BCUT2D eigenvalue weighted by atomic mass is 9.88. The number of nitrogens with one attached hydrogen (secondary N) is 1. The summed E-state index contributed by atoms with van der Waals surface area (Å²) in [5.41, 5.74) is 1.59. The molecule has 172 valence electrons. The number of carbonyl (C=O) groups excluding carboxylic acids is 2. The van der Waals surface area contributed by atoms with E-state index in [2.05, 4.69) is 15.2 Å². The number of anilines is 2. The molecule has 4 heterocycles. The summed E-state index contributed by atoms with van der Waals surface area (Å²) in [6, 6.07) is 5.10. The maximum absolute atomic E-state index is 13.4. The van der Waals surface area contributed by atoms with Crippen LogP contribution in [0.3, 0.4) is 0 Å². The standard InChI is InChI=1S/C23H24N4O5S/c1-30-18-4-3-16-20(33-23(26-16)27-9-13-7-14(10-27)12-32-11-13)19(18)21(28)25-17-8-24-6-5-15(17)22(29)31-2/h3-6,8,13-14H,7,9-12H2,1-2H3,(H,25,28)/t13-,14+. The highest BCUT2D eigenvalue weighted by atomic mass is 32.1. The zero-order valence-electron chi connectivity index (χ0n) is 18.4. The van der Waals surface area contributed by atoms with Crippen molar-refractivity contribution in [3.8, 4) is 5.75 Å². The van der Waals surface area contributed by atoms with Crippen molar-refractivity contribution in [1.29, 1.82) is 0 Å². The molecule has 5 rings (SSSR count). The van der Waals surface area contributed by atoms with Crippen LogP contribution in [-0.2, 0) is 9.47 Å². The highest BCUT2D eigenvalue weighted by Gasteiger charge is 2.33. The zero-order valence-corrected chi connectivity index (χ0v) is 19.2. The van der Waals surface area contributed by atoms with Gasteiger partial charge in [0, 0.05) is 31.1 Å². The van der Waals surface area contributed by atoms with Gasteiger partial charge < -0.3 is 24.4 Å². The van der Waals surface area contributed by atoms with Gasteiger partial charge in [-0.1, -0.05) is 11.3 Å². The monoisotopic (exact) mass is 468 g/mol. The fourth-order valence-corrected chi connectivity index (χ4v) is 5.69. The Morgan fingerprint density at radius 3 is 2.70 bits per heavy atom. The summed E-state index contributed by atoms with van der Waals surface area (Å²) < 4.78 is 16.8. The first-order valence-corrected chi connectivity index (χ1v) is 11.5. The SMILES string of the molecule is COC(=O)c1ccncc1NC(=O)c1c(OC)ccc2nc(N3C[C@@H]4COC[C@@H](C4)C3)sc12. The Morgan fingerprint density at radius 1 is 1.18 bits per heavy atom. The lowest BCUT2D eigenvalue weighted by molar-refractivity contribution is 0.00624. The Hall–Kier alpha value is -3.24. The average molecular weight is 469 g/mol. The summed E-state index contributed by atoms with van der Waals surface area (Å²) in [4.78, 5) is 36.7. The number of carbonyl (C=O) groups is 2. The van der Waals surface area contributed by atoms with Crippen LogP contribution >= 0.6 is 11.3 Å². The molecular weight excluding hydrogens is 444 g/mol. The van der Waals surface area contributed by atoms with E-state index in [0.717, 1.165) is 41.7 Å². The van der Waals surface area contributed by atoms with Crippen molar-refractivity contribution >= 4 is 44.2 Å². The van der Waals surface area contributed by atoms with Crippen molar-refractivity contribution in [2.45, 2.75) is 6.42 Å². The van der Waals surface area contributed by atoms with Crippen molar-refractivity contribution in [3.63, 3.8) is 0 Å². The van der Waals surface area contributed by atoms with E-state index in [1.165, 1.54) is 50.4 Å². The predicted molar refractivity (Wildman–Crippen MR) is 124 cm³/mol. The smallest absolute Gasteiger partial charge is 0.340 e. The van der Waals surface area contributed by atoms with Gasteiger partial charge in [-0.25, -0.2) is 9.78 Å². The average Bonchev–Trinajstić information content (AvgIpc) is 3.27. The number of esters is 1. The molecule has 2 bridgehead atoms. The van der Waals surface area contributed by atoms with E-state index in [-0.39, 0.29) is 11.3 Å². The van der Waals surface area contributed by atoms with E-state index in [1.807, 2.05) is 6.07 Å². The van der Waals surface area contributed by atoms with Gasteiger partial charge in [0.1, 0.15) is 11.3 Å². The second-order valence-corrected chi connectivity index (χ2v) is 9.24. The second-order valence-electron chi connectivity index (χ2n) is 8.26. The summed E-state index contributed by atoms with van der Waals surface area (Å²) in [5.74, 6) is 0.475. The number of nitrogens with zero attached hydrogens (tertiary/aromatic N) is 3. The minimum atomic E-state index is -0.558. The number of benzene rings is 1. The highest BCUT2D eigenvalue weighted by molar-refractivity contribution is 7.22. The van der Waals surface area contributed by atoms with Gasteiger partial charge in [0.25, 0.3) is 5.91 Å². The van der Waals surface area contributed by atoms with Gasteiger partial charge in [0.15, 0.2) is 5.13 Å². The summed E-state index contributed by atoms with van der Waals surface area (Å²) in [6.45, 7) is 3.36. The summed E-state index contributed by atoms with van der Waals surface area (Å²) in [6.07, 6.45) is 4.08. The van der Waals surface area contributed by atoms with E-state index in [0.29, 0.717) is 23.1 Å². The Labute approximate surface area is 194 Å². The Balaban J connectivity index is 1.50. The fraction of sp³-hybridized carbons (Fsp3) is 0.391. The van der Waals surface area contributed by atoms with E-state index >= 15 is 0 Å². The molecule has 2 atom stereocenters. The Bertz CT molecular complexity index is 1200. The van der Waals surface area contributed by atoms with E-state index in [4.69, 9.17) is 19.2 Å².